The lowest BCUT2D eigenvalue weighted by Crippen LogP contribution is -2.19. The van der Waals surface area contributed by atoms with Gasteiger partial charge in [0.05, 0.1) is 26.9 Å². The minimum atomic E-state index is -1.37. The maximum absolute atomic E-state index is 11.7. The predicted molar refractivity (Wildman–Crippen MR) is 70.8 cm³/mol. The lowest BCUT2D eigenvalue weighted by Gasteiger charge is -2.01. The molecule has 2 rings (SSSR count). The summed E-state index contributed by atoms with van der Waals surface area (Å²) < 4.78 is 0.0259. The van der Waals surface area contributed by atoms with Gasteiger partial charge in [-0.25, -0.2) is 4.79 Å². The minimum absolute atomic E-state index is 0.0259. The van der Waals surface area contributed by atoms with Crippen molar-refractivity contribution in [1.82, 2.24) is 14.8 Å². The second-order valence-electron chi connectivity index (χ2n) is 4.03. The van der Waals surface area contributed by atoms with Gasteiger partial charge in [0.25, 0.3) is 5.69 Å². The number of nitro benzene ring substituents is 3. The van der Waals surface area contributed by atoms with Crippen LogP contribution in [0.1, 0.15) is 0 Å². The van der Waals surface area contributed by atoms with E-state index in [0.717, 1.165) is 0 Å². The quantitative estimate of drug-likeness (QED) is 0.573. The van der Waals surface area contributed by atoms with Crippen LogP contribution in [-0.2, 0) is 0 Å². The lowest BCUT2D eigenvalue weighted by atomic mass is 10.2. The largest absolute Gasteiger partial charge is 0.457 e. The number of nitrogens with one attached hydrogen (secondary N) is 1. The number of aromatic amines is 1. The molecule has 0 unspecified atom stereocenters. The highest BCUT2D eigenvalue weighted by Crippen LogP contribution is 2.35. The van der Waals surface area contributed by atoms with E-state index in [4.69, 9.17) is 0 Å². The molecule has 124 valence electrons. The first kappa shape index (κ1) is 16.1. The van der Waals surface area contributed by atoms with E-state index in [1.807, 2.05) is 0 Å². The van der Waals surface area contributed by atoms with Crippen molar-refractivity contribution in [3.05, 3.63) is 63.1 Å². The van der Waals surface area contributed by atoms with E-state index in [-0.39, 0.29) is 4.68 Å². The highest BCUT2D eigenvalue weighted by molar-refractivity contribution is 5.69. The van der Waals surface area contributed by atoms with Crippen LogP contribution in [0.5, 0.6) is 0 Å². The Kier molecular flexibility index (Phi) is 3.71. The van der Waals surface area contributed by atoms with Crippen LogP contribution in [0.2, 0.25) is 0 Å². The topological polar surface area (TPSA) is 223 Å². The van der Waals surface area contributed by atoms with Gasteiger partial charge in [-0.3, -0.25) is 30.3 Å². The third-order valence-electron chi connectivity index (χ3n) is 2.65. The number of rotatable bonds is 5. The second kappa shape index (κ2) is 5.51. The maximum atomic E-state index is 11.7. The molecule has 24 heavy (non-hydrogen) atoms. The smallest absolute Gasteiger partial charge is 0.390 e. The average molecular weight is 342 g/mol. The molecule has 0 aliphatic heterocycles. The van der Waals surface area contributed by atoms with Crippen LogP contribution < -0.4 is 5.69 Å². The molecular formula is C8H3N7O9. The molecule has 0 fully saturated rings. The van der Waals surface area contributed by atoms with Gasteiger partial charge in [-0.2, -0.15) is 4.98 Å². The van der Waals surface area contributed by atoms with E-state index < -0.39 is 54.1 Å². The van der Waals surface area contributed by atoms with E-state index >= 15 is 0 Å². The molecule has 1 N–H and O–H groups in total. The number of hydrogen-bond acceptors (Lipinski definition) is 10. The Balaban J connectivity index is 2.93. The Hall–Kier alpha value is -4.24. The summed E-state index contributed by atoms with van der Waals surface area (Å²) in [5.41, 5.74) is -5.79. The standard InChI is InChI=1S/C8H3N7O9/c16-8-9-7(15(23)24)10-11(8)6-4(13(19)20)1-3(12(17)18)2-5(6)14(21)22/h1-2H,(H,9,10,16)/i9+1. The highest BCUT2D eigenvalue weighted by atomic mass is 16.6. The summed E-state index contributed by atoms with van der Waals surface area (Å²) in [6.07, 6.45) is 0. The summed E-state index contributed by atoms with van der Waals surface area (Å²) in [6.45, 7) is 0. The van der Waals surface area contributed by atoms with Crippen molar-refractivity contribution in [3.8, 4) is 5.69 Å². The van der Waals surface area contributed by atoms with E-state index in [9.17, 15) is 45.3 Å². The van der Waals surface area contributed by atoms with Crippen LogP contribution in [0, 0.1) is 40.5 Å². The van der Waals surface area contributed by atoms with Crippen molar-refractivity contribution in [2.45, 2.75) is 0 Å². The molecule has 0 amide bonds. The van der Waals surface area contributed by atoms with Gasteiger partial charge in [0.2, 0.25) is 5.69 Å². The van der Waals surface area contributed by atoms with Crippen LogP contribution >= 0.6 is 0 Å². The van der Waals surface area contributed by atoms with Gasteiger partial charge in [-0.1, -0.05) is 4.68 Å². The first-order valence-corrected chi connectivity index (χ1v) is 5.58. The number of nitro groups is 4. The van der Waals surface area contributed by atoms with Crippen molar-refractivity contribution in [3.63, 3.8) is 0 Å². The first-order valence-electron chi connectivity index (χ1n) is 5.58. The predicted octanol–water partition coefficient (Wildman–Crippen LogP) is 0.193. The van der Waals surface area contributed by atoms with Crippen molar-refractivity contribution >= 4 is 23.0 Å². The third-order valence-corrected chi connectivity index (χ3v) is 2.65. The van der Waals surface area contributed by atoms with Gasteiger partial charge in [-0.15, -0.1) is 0 Å². The molecule has 16 nitrogen and oxygen atoms in total. The van der Waals surface area contributed by atoms with Gasteiger partial charge in [0.15, 0.2) is 0 Å². The first-order chi connectivity index (χ1) is 11.1. The highest BCUT2D eigenvalue weighted by Gasteiger charge is 2.36. The number of benzene rings is 1. The van der Waals surface area contributed by atoms with E-state index in [1.165, 1.54) is 0 Å². The maximum Gasteiger partial charge on any atom is 0.457 e. The Labute approximate surface area is 127 Å². The molecule has 0 bridgehead atoms. The number of hydrogen-bond donors (Lipinski definition) is 1. The molecule has 1 aromatic carbocycles. The molecule has 1 aromatic heterocycles. The Morgan fingerprint density at radius 1 is 0.875 bits per heavy atom. The lowest BCUT2D eigenvalue weighted by molar-refractivity contribution is -0.403. The van der Waals surface area contributed by atoms with Crippen LogP contribution in [0.3, 0.4) is 0 Å². The molecule has 1 heterocycles. The number of nitrogens with zero attached hydrogens (tertiary/aromatic N) is 6. The van der Waals surface area contributed by atoms with Crippen molar-refractivity contribution < 1.29 is 19.7 Å². The summed E-state index contributed by atoms with van der Waals surface area (Å²) in [7, 11) is 0. The van der Waals surface area contributed by atoms with Crippen molar-refractivity contribution in [2.75, 3.05) is 0 Å². The van der Waals surface area contributed by atoms with Crippen LogP contribution in [0.4, 0.5) is 23.0 Å². The van der Waals surface area contributed by atoms with Crippen molar-refractivity contribution in [1.29, 1.82) is 0 Å². The number of aromatic nitrogens is 3. The SMILES string of the molecule is O=c1[15nH]c([N+](=O)[O-])nn1-c1c([N+](=O)[O-])cc([N+](=O)[O-])cc1[N+](=O)[O-]. The van der Waals surface area contributed by atoms with Crippen LogP contribution in [0.25, 0.3) is 5.69 Å². The van der Waals surface area contributed by atoms with Gasteiger partial charge in [0, 0.05) is 5.10 Å². The minimum Gasteiger partial charge on any atom is -0.390 e. The van der Waals surface area contributed by atoms with Crippen LogP contribution in [0.15, 0.2) is 16.9 Å². The molecule has 0 saturated heterocycles. The molecule has 0 aliphatic carbocycles. The molecule has 0 atom stereocenters. The fourth-order valence-electron chi connectivity index (χ4n) is 1.74. The molecule has 0 radical (unpaired) electrons. The van der Waals surface area contributed by atoms with Gasteiger partial charge < -0.3 is 10.1 Å². The van der Waals surface area contributed by atoms with Gasteiger partial charge in [-0.05, 0) is 4.92 Å². The number of non-ortho nitro benzene ring substituents is 1. The zero-order valence-electron chi connectivity index (χ0n) is 11.0. The zero-order chi connectivity index (χ0) is 18.2. The third kappa shape index (κ3) is 2.61. The van der Waals surface area contributed by atoms with E-state index in [0.29, 0.717) is 12.1 Å². The molecule has 0 spiro atoms. The summed E-state index contributed by atoms with van der Waals surface area (Å²) in [4.78, 5) is 52.1. The summed E-state index contributed by atoms with van der Waals surface area (Å²) in [5.74, 6) is -1.12. The molecule has 0 saturated carbocycles. The van der Waals surface area contributed by atoms with Crippen LogP contribution in [-0.4, -0.2) is 34.5 Å². The molecule has 16 heteroatoms. The van der Waals surface area contributed by atoms with E-state index in [1.54, 1.807) is 4.98 Å². The van der Waals surface area contributed by atoms with Gasteiger partial charge in [0.1, 0.15) is 0 Å². The normalized spacial score (nSPS) is 10.3. The summed E-state index contributed by atoms with van der Waals surface area (Å²) >= 11 is 0. The average Bonchev–Trinajstić information content (AvgIpc) is 2.87. The zero-order valence-corrected chi connectivity index (χ0v) is 11.0. The van der Waals surface area contributed by atoms with Gasteiger partial charge >= 0.3 is 23.0 Å². The number of H-pyrrole nitrogens is 1. The summed E-state index contributed by atoms with van der Waals surface area (Å²) in [5, 5.41) is 46.6. The fraction of sp³-hybridized carbons (Fsp3) is 0. The fourth-order valence-corrected chi connectivity index (χ4v) is 1.74. The Morgan fingerprint density at radius 3 is 1.71 bits per heavy atom. The Bertz CT molecular complexity index is 922. The van der Waals surface area contributed by atoms with Crippen molar-refractivity contribution in [2.24, 2.45) is 0 Å². The molecule has 2 aromatic rings. The molecule has 0 aliphatic rings. The second-order valence-corrected chi connectivity index (χ2v) is 4.03. The monoisotopic (exact) mass is 342 g/mol. The summed E-state index contributed by atoms with van der Waals surface area (Å²) in [6, 6.07) is 0.741. The van der Waals surface area contributed by atoms with E-state index in [2.05, 4.69) is 5.10 Å². The molecular weight excluding hydrogens is 339 g/mol. The Morgan fingerprint density at radius 2 is 1.38 bits per heavy atom.